The first-order chi connectivity index (χ1) is 9.47. The van der Waals surface area contributed by atoms with Crippen LogP contribution in [-0.4, -0.2) is 5.11 Å². The predicted octanol–water partition coefficient (Wildman–Crippen LogP) is 5.39. The molecule has 0 radical (unpaired) electrons. The monoisotopic (exact) mass is 308 g/mol. The molecule has 2 aromatic carbocycles. The summed E-state index contributed by atoms with van der Waals surface area (Å²) in [6, 6.07) is 13.5. The highest BCUT2D eigenvalue weighted by Gasteiger charge is 2.13. The first-order valence-electron chi connectivity index (χ1n) is 6.69. The van der Waals surface area contributed by atoms with Crippen molar-refractivity contribution < 1.29 is 5.11 Å². The van der Waals surface area contributed by atoms with Crippen molar-refractivity contribution in [2.24, 2.45) is 0 Å². The van der Waals surface area contributed by atoms with E-state index >= 15 is 0 Å². The van der Waals surface area contributed by atoms with Crippen molar-refractivity contribution in [2.75, 3.05) is 0 Å². The Morgan fingerprint density at radius 2 is 1.65 bits per heavy atom. The van der Waals surface area contributed by atoms with E-state index in [-0.39, 0.29) is 0 Å². The average molecular weight is 309 g/mol. The van der Waals surface area contributed by atoms with E-state index in [0.717, 1.165) is 5.56 Å². The Bertz CT molecular complexity index is 576. The minimum absolute atomic E-state index is 0.504. The Morgan fingerprint density at radius 1 is 1.00 bits per heavy atom. The fourth-order valence-electron chi connectivity index (χ4n) is 2.14. The van der Waals surface area contributed by atoms with Crippen LogP contribution in [0.3, 0.4) is 0 Å². The Kier molecular flexibility index (Phi) is 5.09. The van der Waals surface area contributed by atoms with Gasteiger partial charge in [-0.2, -0.15) is 0 Å². The van der Waals surface area contributed by atoms with E-state index in [1.807, 2.05) is 0 Å². The summed E-state index contributed by atoms with van der Waals surface area (Å²) in [6.45, 7) is 4.33. The molecule has 0 aliphatic heterocycles. The fourth-order valence-corrected chi connectivity index (χ4v) is 2.68. The third kappa shape index (κ3) is 3.76. The summed E-state index contributed by atoms with van der Waals surface area (Å²) >= 11 is 12.0. The van der Waals surface area contributed by atoms with Crippen LogP contribution in [0.5, 0.6) is 0 Å². The maximum absolute atomic E-state index is 10.3. The molecule has 2 rings (SSSR count). The van der Waals surface area contributed by atoms with Crippen LogP contribution in [0.2, 0.25) is 10.0 Å². The molecular formula is C17H18Cl2O. The molecule has 2 aromatic rings. The third-order valence-corrected chi connectivity index (χ3v) is 3.96. The molecule has 1 nitrogen and oxygen atoms in total. The number of hydrogen-bond acceptors (Lipinski definition) is 1. The second-order valence-electron chi connectivity index (χ2n) is 5.28. The average Bonchev–Trinajstić information content (AvgIpc) is 2.39. The van der Waals surface area contributed by atoms with E-state index in [2.05, 4.69) is 38.1 Å². The van der Waals surface area contributed by atoms with Crippen LogP contribution in [0, 0.1) is 0 Å². The first-order valence-corrected chi connectivity index (χ1v) is 7.45. The van der Waals surface area contributed by atoms with Crippen molar-refractivity contribution in [3.63, 3.8) is 0 Å². The van der Waals surface area contributed by atoms with E-state index in [4.69, 9.17) is 23.2 Å². The van der Waals surface area contributed by atoms with Gasteiger partial charge in [0.05, 0.1) is 6.10 Å². The quantitative estimate of drug-likeness (QED) is 0.802. The summed E-state index contributed by atoms with van der Waals surface area (Å²) in [5, 5.41) is 11.4. The molecule has 1 atom stereocenters. The van der Waals surface area contributed by atoms with Gasteiger partial charge in [-0.05, 0) is 34.7 Å². The topological polar surface area (TPSA) is 20.2 Å². The van der Waals surface area contributed by atoms with Crippen LogP contribution in [0.15, 0.2) is 42.5 Å². The lowest BCUT2D eigenvalue weighted by molar-refractivity contribution is 0.178. The summed E-state index contributed by atoms with van der Waals surface area (Å²) in [4.78, 5) is 0. The summed E-state index contributed by atoms with van der Waals surface area (Å²) in [5.74, 6) is 0.514. The molecule has 1 N–H and O–H groups in total. The number of rotatable bonds is 4. The molecule has 0 aliphatic carbocycles. The standard InChI is InChI=1S/C17H18Cl2O/c1-11(2)13-5-3-12(4-6-13)9-17(20)15-8-7-14(18)10-16(15)19/h3-8,10-11,17,20H,9H2,1-2H3. The number of benzene rings is 2. The van der Waals surface area contributed by atoms with Gasteiger partial charge in [-0.1, -0.05) is 67.4 Å². The van der Waals surface area contributed by atoms with E-state index in [0.29, 0.717) is 27.9 Å². The van der Waals surface area contributed by atoms with Crippen LogP contribution in [0.4, 0.5) is 0 Å². The molecule has 3 heteroatoms. The maximum Gasteiger partial charge on any atom is 0.0844 e. The molecular weight excluding hydrogens is 291 g/mol. The van der Waals surface area contributed by atoms with Crippen LogP contribution in [0.25, 0.3) is 0 Å². The van der Waals surface area contributed by atoms with Crippen molar-refractivity contribution in [3.05, 3.63) is 69.2 Å². The summed E-state index contributed by atoms with van der Waals surface area (Å²) in [7, 11) is 0. The number of hydrogen-bond donors (Lipinski definition) is 1. The Labute approximate surface area is 130 Å². The highest BCUT2D eigenvalue weighted by atomic mass is 35.5. The van der Waals surface area contributed by atoms with Crippen LogP contribution in [0.1, 0.15) is 42.6 Å². The van der Waals surface area contributed by atoms with Gasteiger partial charge in [-0.25, -0.2) is 0 Å². The lowest BCUT2D eigenvalue weighted by Gasteiger charge is -2.14. The molecule has 0 aromatic heterocycles. The molecule has 0 fully saturated rings. The molecule has 0 saturated carbocycles. The van der Waals surface area contributed by atoms with Gasteiger partial charge < -0.3 is 5.11 Å². The second kappa shape index (κ2) is 6.62. The number of aliphatic hydroxyl groups excluding tert-OH is 1. The molecule has 0 spiro atoms. The lowest BCUT2D eigenvalue weighted by Crippen LogP contribution is -2.03. The Morgan fingerprint density at radius 3 is 2.20 bits per heavy atom. The smallest absolute Gasteiger partial charge is 0.0844 e. The molecule has 20 heavy (non-hydrogen) atoms. The Balaban J connectivity index is 2.12. The minimum atomic E-state index is -0.621. The SMILES string of the molecule is CC(C)c1ccc(CC(O)c2ccc(Cl)cc2Cl)cc1. The lowest BCUT2D eigenvalue weighted by atomic mass is 9.97. The van der Waals surface area contributed by atoms with Gasteiger partial charge in [0.1, 0.15) is 0 Å². The van der Waals surface area contributed by atoms with Crippen molar-refractivity contribution >= 4 is 23.2 Å². The van der Waals surface area contributed by atoms with E-state index < -0.39 is 6.10 Å². The van der Waals surface area contributed by atoms with E-state index in [9.17, 15) is 5.11 Å². The van der Waals surface area contributed by atoms with Crippen molar-refractivity contribution in [3.8, 4) is 0 Å². The van der Waals surface area contributed by atoms with Gasteiger partial charge >= 0.3 is 0 Å². The largest absolute Gasteiger partial charge is 0.388 e. The molecule has 0 aliphatic rings. The molecule has 1 unspecified atom stereocenters. The zero-order chi connectivity index (χ0) is 14.7. The normalized spacial score (nSPS) is 12.7. The van der Waals surface area contributed by atoms with Crippen molar-refractivity contribution in [1.29, 1.82) is 0 Å². The third-order valence-electron chi connectivity index (χ3n) is 3.40. The minimum Gasteiger partial charge on any atom is -0.388 e. The fraction of sp³-hybridized carbons (Fsp3) is 0.294. The van der Waals surface area contributed by atoms with Crippen LogP contribution in [-0.2, 0) is 6.42 Å². The van der Waals surface area contributed by atoms with E-state index in [1.54, 1.807) is 18.2 Å². The van der Waals surface area contributed by atoms with Crippen molar-refractivity contribution in [2.45, 2.75) is 32.3 Å². The zero-order valence-corrected chi connectivity index (χ0v) is 13.1. The van der Waals surface area contributed by atoms with Gasteiger partial charge in [0, 0.05) is 16.5 Å². The highest BCUT2D eigenvalue weighted by molar-refractivity contribution is 6.35. The van der Waals surface area contributed by atoms with Gasteiger partial charge in [-0.3, -0.25) is 0 Å². The predicted molar refractivity (Wildman–Crippen MR) is 85.7 cm³/mol. The molecule has 106 valence electrons. The summed E-state index contributed by atoms with van der Waals surface area (Å²) in [5.41, 5.74) is 3.10. The van der Waals surface area contributed by atoms with E-state index in [1.165, 1.54) is 5.56 Å². The van der Waals surface area contributed by atoms with Crippen molar-refractivity contribution in [1.82, 2.24) is 0 Å². The van der Waals surface area contributed by atoms with Crippen LogP contribution >= 0.6 is 23.2 Å². The van der Waals surface area contributed by atoms with Gasteiger partial charge in [0.15, 0.2) is 0 Å². The van der Waals surface area contributed by atoms with Gasteiger partial charge in [-0.15, -0.1) is 0 Å². The molecule has 0 heterocycles. The summed E-state index contributed by atoms with van der Waals surface area (Å²) < 4.78 is 0. The first kappa shape index (κ1) is 15.4. The van der Waals surface area contributed by atoms with Gasteiger partial charge in [0.2, 0.25) is 0 Å². The van der Waals surface area contributed by atoms with Gasteiger partial charge in [0.25, 0.3) is 0 Å². The number of halogens is 2. The second-order valence-corrected chi connectivity index (χ2v) is 6.13. The van der Waals surface area contributed by atoms with Crippen LogP contribution < -0.4 is 0 Å². The molecule has 0 saturated heterocycles. The number of aliphatic hydroxyl groups is 1. The Hall–Kier alpha value is -1.02. The highest BCUT2D eigenvalue weighted by Crippen LogP contribution is 2.28. The molecule has 0 bridgehead atoms. The molecule has 0 amide bonds. The summed E-state index contributed by atoms with van der Waals surface area (Å²) in [6.07, 6.45) is -0.0793. The maximum atomic E-state index is 10.3. The zero-order valence-electron chi connectivity index (χ0n) is 11.6.